The lowest BCUT2D eigenvalue weighted by molar-refractivity contribution is -0.176. The molecule has 1 fully saturated rings. The van der Waals surface area contributed by atoms with Crippen molar-refractivity contribution in [3.05, 3.63) is 53.2 Å². The molecule has 2 aliphatic heterocycles. The predicted molar refractivity (Wildman–Crippen MR) is 146 cm³/mol. The van der Waals surface area contributed by atoms with E-state index in [0.29, 0.717) is 31.6 Å². The number of nitrogens with zero attached hydrogens (tertiary/aromatic N) is 5. The van der Waals surface area contributed by atoms with Crippen LogP contribution in [0.15, 0.2) is 42.6 Å². The Labute approximate surface area is 239 Å². The lowest BCUT2D eigenvalue weighted by Gasteiger charge is -2.36. The largest absolute Gasteiger partial charge is 0.477 e. The number of hydrogen-bond donors (Lipinski definition) is 2. The highest BCUT2D eigenvalue weighted by molar-refractivity contribution is 6.33. The molecule has 218 valence electrons. The number of carbonyl (C=O) groups excluding carboxylic acids is 1. The molecule has 4 heterocycles. The third-order valence-electron chi connectivity index (χ3n) is 6.56. The third kappa shape index (κ3) is 6.63. The first kappa shape index (κ1) is 28.8. The number of nitrogens with one attached hydrogen (secondary N) is 1. The maximum absolute atomic E-state index is 13.6. The molecular formula is C27H28ClF3N6O4. The number of hydrogen-bond acceptors (Lipinski definition) is 8. The van der Waals surface area contributed by atoms with E-state index >= 15 is 0 Å². The molecule has 0 spiro atoms. The molecule has 14 heteroatoms. The van der Waals surface area contributed by atoms with Crippen LogP contribution in [-0.4, -0.2) is 64.2 Å². The predicted octanol–water partition coefficient (Wildman–Crippen LogP) is 5.36. The van der Waals surface area contributed by atoms with Crippen LogP contribution in [0.4, 0.5) is 35.4 Å². The van der Waals surface area contributed by atoms with Gasteiger partial charge in [-0.15, -0.1) is 0 Å². The van der Waals surface area contributed by atoms with Crippen molar-refractivity contribution in [3.63, 3.8) is 0 Å². The van der Waals surface area contributed by atoms with Crippen LogP contribution in [0.3, 0.4) is 0 Å². The van der Waals surface area contributed by atoms with Crippen molar-refractivity contribution in [2.75, 3.05) is 41.4 Å². The van der Waals surface area contributed by atoms with E-state index in [1.807, 2.05) is 4.90 Å². The van der Waals surface area contributed by atoms with Gasteiger partial charge in [-0.1, -0.05) is 23.7 Å². The maximum Gasteiger partial charge on any atom is 0.416 e. The van der Waals surface area contributed by atoms with Gasteiger partial charge >= 0.3 is 12.2 Å². The first-order valence-electron chi connectivity index (χ1n) is 12.9. The number of urea groups is 1. The second-order valence-corrected chi connectivity index (χ2v) is 10.6. The summed E-state index contributed by atoms with van der Waals surface area (Å²) in [4.78, 5) is 30.1. The number of halogens is 4. The number of ether oxygens (including phenoxy) is 2. The molecule has 1 atom stereocenters. The molecule has 2 N–H and O–H groups in total. The Morgan fingerprint density at radius 2 is 2.00 bits per heavy atom. The summed E-state index contributed by atoms with van der Waals surface area (Å²) < 4.78 is 50.9. The summed E-state index contributed by atoms with van der Waals surface area (Å²) in [5.41, 5.74) is 0.105. The number of pyridine rings is 1. The van der Waals surface area contributed by atoms with Crippen molar-refractivity contribution in [2.45, 2.75) is 44.7 Å². The Hall–Kier alpha value is -3.68. The molecule has 2 aromatic heterocycles. The molecule has 1 aromatic carbocycles. The Kier molecular flexibility index (Phi) is 7.95. The number of anilines is 3. The zero-order valence-corrected chi connectivity index (χ0v) is 23.0. The van der Waals surface area contributed by atoms with E-state index in [1.54, 1.807) is 12.1 Å². The number of amides is 2. The minimum Gasteiger partial charge on any atom is -0.477 e. The molecule has 1 saturated heterocycles. The van der Waals surface area contributed by atoms with Crippen LogP contribution in [0.2, 0.25) is 5.02 Å². The van der Waals surface area contributed by atoms with E-state index in [-0.39, 0.29) is 53.2 Å². The van der Waals surface area contributed by atoms with Gasteiger partial charge in [0.25, 0.3) is 0 Å². The van der Waals surface area contributed by atoms with Crippen molar-refractivity contribution in [1.29, 1.82) is 0 Å². The van der Waals surface area contributed by atoms with Crippen LogP contribution >= 0.6 is 11.6 Å². The van der Waals surface area contributed by atoms with E-state index in [1.165, 1.54) is 37.1 Å². The average Bonchev–Trinajstić information content (AvgIpc) is 3.32. The highest BCUT2D eigenvalue weighted by atomic mass is 35.5. The standard InChI is InChI=1S/C27H28ClF3N6O4/c1-26(2,39)41-12-4-11-40-21-7-9-32-24(33-21)35-25(38)37-18-8-10-36(15-18)20-14-19(28)22(34-23(20)37)16-5-3-6-17(13-16)27(29,30)31/h3,5-7,9,13-14,18,39H,4,8,10-12,15H2,1-2H3,(H,32,33,35,38). The zero-order chi connectivity index (χ0) is 29.4. The molecule has 3 aromatic rings. The van der Waals surface area contributed by atoms with Gasteiger partial charge in [-0.05, 0) is 38.5 Å². The lowest BCUT2D eigenvalue weighted by atomic mass is 10.1. The Balaban J connectivity index is 1.36. The van der Waals surface area contributed by atoms with Crippen LogP contribution < -0.4 is 19.9 Å². The Morgan fingerprint density at radius 1 is 1.20 bits per heavy atom. The highest BCUT2D eigenvalue weighted by Crippen LogP contribution is 2.43. The van der Waals surface area contributed by atoms with Gasteiger partial charge in [0.1, 0.15) is 0 Å². The van der Waals surface area contributed by atoms with Gasteiger partial charge in [-0.25, -0.2) is 14.8 Å². The molecule has 2 bridgehead atoms. The second-order valence-electron chi connectivity index (χ2n) is 10.1. The van der Waals surface area contributed by atoms with E-state index in [0.717, 1.165) is 12.1 Å². The van der Waals surface area contributed by atoms with Crippen molar-refractivity contribution in [2.24, 2.45) is 0 Å². The summed E-state index contributed by atoms with van der Waals surface area (Å²) in [6, 6.07) is 7.16. The zero-order valence-electron chi connectivity index (χ0n) is 22.3. The summed E-state index contributed by atoms with van der Waals surface area (Å²) in [5.74, 6) is -0.702. The van der Waals surface area contributed by atoms with E-state index in [9.17, 15) is 23.1 Å². The van der Waals surface area contributed by atoms with Crippen molar-refractivity contribution >= 4 is 35.1 Å². The number of carbonyl (C=O) groups is 1. The third-order valence-corrected chi connectivity index (χ3v) is 6.85. The monoisotopic (exact) mass is 592 g/mol. The summed E-state index contributed by atoms with van der Waals surface area (Å²) in [6.07, 6.45) is -1.93. The molecule has 2 aliphatic rings. The molecule has 10 nitrogen and oxygen atoms in total. The smallest absolute Gasteiger partial charge is 0.416 e. The van der Waals surface area contributed by atoms with E-state index in [4.69, 9.17) is 21.1 Å². The number of aromatic nitrogens is 3. The van der Waals surface area contributed by atoms with Crippen molar-refractivity contribution in [1.82, 2.24) is 15.0 Å². The first-order chi connectivity index (χ1) is 19.4. The normalized spacial score (nSPS) is 16.5. The van der Waals surface area contributed by atoms with Gasteiger partial charge in [-0.3, -0.25) is 10.2 Å². The Morgan fingerprint density at radius 3 is 2.76 bits per heavy atom. The summed E-state index contributed by atoms with van der Waals surface area (Å²) in [5, 5.41) is 12.5. The fourth-order valence-electron chi connectivity index (χ4n) is 4.73. The minimum absolute atomic E-state index is 0.00860. The quantitative estimate of drug-likeness (QED) is 0.266. The molecule has 5 rings (SSSR count). The van der Waals surface area contributed by atoms with Crippen molar-refractivity contribution in [3.8, 4) is 17.1 Å². The SMILES string of the molecule is CC(C)(O)OCCCOc1ccnc(NC(=O)N2c3nc(-c4cccc(C(F)(F)F)c4)c(Cl)cc3N3CCC2C3)n1. The minimum atomic E-state index is -4.53. The molecule has 1 unspecified atom stereocenters. The van der Waals surface area contributed by atoms with Gasteiger partial charge in [0.15, 0.2) is 11.6 Å². The van der Waals surface area contributed by atoms with Gasteiger partial charge in [0, 0.05) is 37.3 Å². The lowest BCUT2D eigenvalue weighted by Crippen LogP contribution is -2.48. The number of benzene rings is 1. The number of alkyl halides is 3. The van der Waals surface area contributed by atoms with Crippen LogP contribution in [0, 0.1) is 0 Å². The fraction of sp³-hybridized carbons (Fsp3) is 0.407. The molecular weight excluding hydrogens is 565 g/mol. The number of aliphatic hydroxyl groups is 1. The highest BCUT2D eigenvalue weighted by Gasteiger charge is 2.41. The first-order valence-corrected chi connectivity index (χ1v) is 13.3. The fourth-order valence-corrected chi connectivity index (χ4v) is 4.98. The summed E-state index contributed by atoms with van der Waals surface area (Å²) in [7, 11) is 0. The topological polar surface area (TPSA) is 113 Å². The van der Waals surface area contributed by atoms with Gasteiger partial charge in [-0.2, -0.15) is 18.2 Å². The van der Waals surface area contributed by atoms with Crippen molar-refractivity contribution < 1.29 is 32.5 Å². The molecule has 0 aliphatic carbocycles. The van der Waals surface area contributed by atoms with Crippen LogP contribution in [0.25, 0.3) is 11.3 Å². The van der Waals surface area contributed by atoms with Gasteiger partial charge in [0.2, 0.25) is 11.8 Å². The average molecular weight is 593 g/mol. The van der Waals surface area contributed by atoms with Crippen LogP contribution in [0.1, 0.15) is 32.3 Å². The summed E-state index contributed by atoms with van der Waals surface area (Å²) in [6.45, 7) is 4.84. The maximum atomic E-state index is 13.6. The van der Waals surface area contributed by atoms with E-state index < -0.39 is 23.6 Å². The second kappa shape index (κ2) is 11.3. The summed E-state index contributed by atoms with van der Waals surface area (Å²) >= 11 is 6.51. The number of rotatable bonds is 8. The Bertz CT molecular complexity index is 1430. The molecule has 41 heavy (non-hydrogen) atoms. The molecule has 0 saturated carbocycles. The van der Waals surface area contributed by atoms with E-state index in [2.05, 4.69) is 20.3 Å². The van der Waals surface area contributed by atoms with Crippen LogP contribution in [-0.2, 0) is 10.9 Å². The van der Waals surface area contributed by atoms with Gasteiger partial charge in [0.05, 0.1) is 41.2 Å². The molecule has 2 amide bonds. The number of fused-ring (bicyclic) bond motifs is 4. The van der Waals surface area contributed by atoms with Crippen LogP contribution in [0.5, 0.6) is 5.88 Å². The molecule has 0 radical (unpaired) electrons. The van der Waals surface area contributed by atoms with Gasteiger partial charge < -0.3 is 19.5 Å².